The fourth-order valence-corrected chi connectivity index (χ4v) is 10.1. The van der Waals surface area contributed by atoms with Crippen LogP contribution in [-0.4, -0.2) is 19.8 Å². The number of fused-ring (bicyclic) bond motifs is 12. The van der Waals surface area contributed by atoms with Crippen LogP contribution in [0.4, 0.5) is 0 Å². The van der Waals surface area contributed by atoms with Crippen LogP contribution < -0.4 is 9.75 Å². The Labute approximate surface area is 277 Å². The lowest BCUT2D eigenvalue weighted by molar-refractivity contribution is -0.781. The molecule has 0 saturated heterocycles. The Hall–Kier alpha value is -4.80. The first kappa shape index (κ1) is 28.4. The van der Waals surface area contributed by atoms with E-state index >= 15 is 0 Å². The molecular formula is C43H39N2OSi+. The van der Waals surface area contributed by atoms with Crippen molar-refractivity contribution in [3.05, 3.63) is 145 Å². The number of aliphatic imine (C=N–C) groups is 1. The summed E-state index contributed by atoms with van der Waals surface area (Å²) in [6.45, 7) is 17.9. The Morgan fingerprint density at radius 3 is 2.43 bits per heavy atom. The fourth-order valence-electron chi connectivity index (χ4n) is 8.97. The van der Waals surface area contributed by atoms with Crippen LogP contribution >= 0.6 is 0 Å². The van der Waals surface area contributed by atoms with Crippen molar-refractivity contribution in [2.24, 2.45) is 10.9 Å². The van der Waals surface area contributed by atoms with Gasteiger partial charge in [0.2, 0.25) is 5.69 Å². The summed E-state index contributed by atoms with van der Waals surface area (Å²) in [5.74, 6) is 0.406. The zero-order valence-corrected chi connectivity index (χ0v) is 28.5. The number of pyridine rings is 1. The van der Waals surface area contributed by atoms with E-state index in [0.717, 1.165) is 28.7 Å². The third-order valence-electron chi connectivity index (χ3n) is 11.2. The second-order valence-electron chi connectivity index (χ2n) is 14.8. The smallest absolute Gasteiger partial charge is 0.217 e. The molecule has 6 aromatic rings. The van der Waals surface area contributed by atoms with E-state index < -0.39 is 8.07 Å². The first-order valence-corrected chi connectivity index (χ1v) is 20.3. The fraction of sp³-hybridized carbons (Fsp3) is 0.209. The van der Waals surface area contributed by atoms with Gasteiger partial charge in [-0.1, -0.05) is 104 Å². The van der Waals surface area contributed by atoms with E-state index in [-0.39, 0.29) is 23.4 Å². The van der Waals surface area contributed by atoms with Gasteiger partial charge in [0.05, 0.1) is 37.2 Å². The molecule has 0 radical (unpaired) electrons. The van der Waals surface area contributed by atoms with Crippen molar-refractivity contribution in [2.75, 3.05) is 0 Å². The standard InChI is InChI=1S/C43H39N2OSi/c1-7-35-41-40(33-12-10-9-11-31(33)36(8-2)44-41)43(35)25-29-16-20-34-32-19-15-28(27-13-17-30(18-14-27)47(4,5)6)24-38(32)46-42(34)39(29)37-23-26(3)21-22-45(37)43/h7-24,35,40-41H,1-2,25H2,3-6H3/q+1. The molecular weight excluding hydrogens is 589 g/mol. The third kappa shape index (κ3) is 3.85. The molecule has 47 heavy (non-hydrogen) atoms. The van der Waals surface area contributed by atoms with E-state index in [1.807, 2.05) is 6.08 Å². The zero-order valence-electron chi connectivity index (χ0n) is 27.5. The van der Waals surface area contributed by atoms with Gasteiger partial charge in [-0.3, -0.25) is 4.99 Å². The van der Waals surface area contributed by atoms with Crippen molar-refractivity contribution in [2.45, 2.75) is 50.5 Å². The lowest BCUT2D eigenvalue weighted by Crippen LogP contribution is -2.77. The maximum atomic E-state index is 6.89. The summed E-state index contributed by atoms with van der Waals surface area (Å²) in [5.41, 5.74) is 12.6. The molecule has 9 rings (SSSR count). The molecule has 0 bridgehead atoms. The molecule has 4 atom stereocenters. The monoisotopic (exact) mass is 627 g/mol. The van der Waals surface area contributed by atoms with Crippen LogP contribution in [0, 0.1) is 12.8 Å². The minimum Gasteiger partial charge on any atom is -0.455 e. The molecule has 4 unspecified atom stereocenters. The van der Waals surface area contributed by atoms with E-state index in [4.69, 9.17) is 9.41 Å². The van der Waals surface area contributed by atoms with Crippen LogP contribution in [0.2, 0.25) is 19.6 Å². The zero-order chi connectivity index (χ0) is 32.2. The summed E-state index contributed by atoms with van der Waals surface area (Å²) in [6.07, 6.45) is 7.25. The van der Waals surface area contributed by atoms with Gasteiger partial charge in [-0.05, 0) is 52.9 Å². The summed E-state index contributed by atoms with van der Waals surface area (Å²) < 4.78 is 9.45. The highest BCUT2D eigenvalue weighted by molar-refractivity contribution is 6.88. The normalized spacial score (nSPS) is 22.6. The number of hydrogen-bond acceptors (Lipinski definition) is 2. The highest BCUT2D eigenvalue weighted by Gasteiger charge is 2.71. The molecule has 4 heteroatoms. The largest absolute Gasteiger partial charge is 0.455 e. The number of furan rings is 1. The summed E-state index contributed by atoms with van der Waals surface area (Å²) in [5, 5.41) is 3.80. The topological polar surface area (TPSA) is 29.4 Å². The predicted molar refractivity (Wildman–Crippen MR) is 198 cm³/mol. The predicted octanol–water partition coefficient (Wildman–Crippen LogP) is 9.27. The average molecular weight is 628 g/mol. The van der Waals surface area contributed by atoms with Crippen molar-refractivity contribution < 1.29 is 8.98 Å². The van der Waals surface area contributed by atoms with Crippen LogP contribution in [-0.2, 0) is 12.0 Å². The van der Waals surface area contributed by atoms with E-state index in [1.165, 1.54) is 55.2 Å². The van der Waals surface area contributed by atoms with Crippen molar-refractivity contribution in [1.29, 1.82) is 0 Å². The van der Waals surface area contributed by atoms with Crippen molar-refractivity contribution in [3.63, 3.8) is 0 Å². The minimum atomic E-state index is -1.35. The number of rotatable bonds is 4. The number of aromatic nitrogens is 1. The Bertz CT molecular complexity index is 2340. The number of aryl methyl sites for hydroxylation is 1. The Morgan fingerprint density at radius 1 is 0.894 bits per heavy atom. The van der Waals surface area contributed by atoms with Crippen LogP contribution in [0.25, 0.3) is 44.3 Å². The Morgan fingerprint density at radius 2 is 1.66 bits per heavy atom. The van der Waals surface area contributed by atoms with Crippen LogP contribution in [0.15, 0.2) is 132 Å². The van der Waals surface area contributed by atoms with Gasteiger partial charge < -0.3 is 4.42 Å². The van der Waals surface area contributed by atoms with Crippen molar-refractivity contribution in [1.82, 2.24) is 0 Å². The first-order valence-electron chi connectivity index (χ1n) is 16.8. The van der Waals surface area contributed by atoms with Crippen molar-refractivity contribution in [3.8, 4) is 22.4 Å². The molecule has 1 saturated carbocycles. The molecule has 2 aliphatic heterocycles. The van der Waals surface area contributed by atoms with Gasteiger partial charge in [-0.25, -0.2) is 0 Å². The molecule has 4 heterocycles. The second-order valence-corrected chi connectivity index (χ2v) is 19.9. The summed E-state index contributed by atoms with van der Waals surface area (Å²) in [7, 11) is -1.35. The van der Waals surface area contributed by atoms with E-state index in [2.05, 4.69) is 148 Å². The first-order chi connectivity index (χ1) is 22.7. The van der Waals surface area contributed by atoms with Gasteiger partial charge in [0.25, 0.3) is 0 Å². The number of hydrogen-bond donors (Lipinski definition) is 0. The highest BCUT2D eigenvalue weighted by Crippen LogP contribution is 2.61. The third-order valence-corrected chi connectivity index (χ3v) is 13.3. The lowest BCUT2D eigenvalue weighted by atomic mass is 9.48. The average Bonchev–Trinajstić information content (AvgIpc) is 3.44. The van der Waals surface area contributed by atoms with E-state index in [9.17, 15) is 0 Å². The summed E-state index contributed by atoms with van der Waals surface area (Å²) in [6, 6.07) is 34.0. The van der Waals surface area contributed by atoms with Crippen LogP contribution in [0.5, 0.6) is 0 Å². The van der Waals surface area contributed by atoms with Gasteiger partial charge in [-0.15, -0.1) is 6.58 Å². The van der Waals surface area contributed by atoms with Crippen LogP contribution in [0.1, 0.15) is 28.2 Å². The van der Waals surface area contributed by atoms with Gasteiger partial charge in [0, 0.05) is 34.9 Å². The second kappa shape index (κ2) is 9.85. The quantitative estimate of drug-likeness (QED) is 0.109. The molecule has 3 nitrogen and oxygen atoms in total. The van der Waals surface area contributed by atoms with Crippen LogP contribution in [0.3, 0.4) is 0 Å². The molecule has 0 N–H and O–H groups in total. The van der Waals surface area contributed by atoms with Gasteiger partial charge >= 0.3 is 0 Å². The highest BCUT2D eigenvalue weighted by atomic mass is 28.3. The number of benzene rings is 4. The molecule has 1 spiro atoms. The molecule has 230 valence electrons. The summed E-state index contributed by atoms with van der Waals surface area (Å²) in [4.78, 5) is 5.28. The molecule has 0 amide bonds. The van der Waals surface area contributed by atoms with Crippen molar-refractivity contribution >= 4 is 40.9 Å². The lowest BCUT2D eigenvalue weighted by Gasteiger charge is -2.57. The SMILES string of the molecule is C=CC1=NC2C(C=C)C3(Cc4ccc5c(oc6cc(-c7ccc([Si](C)(C)C)cc7)ccc65)c4-c4cc(C)cc[n+]43)C2c2ccccc21. The maximum absolute atomic E-state index is 6.89. The molecule has 3 aliphatic rings. The maximum Gasteiger partial charge on any atom is 0.217 e. The minimum absolute atomic E-state index is 0.131. The molecule has 1 fully saturated rings. The van der Waals surface area contributed by atoms with E-state index in [0.29, 0.717) is 0 Å². The Kier molecular flexibility index (Phi) is 5.96. The Balaban J connectivity index is 1.22. The molecule has 1 aliphatic carbocycles. The van der Waals surface area contributed by atoms with E-state index in [1.54, 1.807) is 0 Å². The number of nitrogens with zero attached hydrogens (tertiary/aromatic N) is 2. The van der Waals surface area contributed by atoms with Gasteiger partial charge in [0.15, 0.2) is 11.7 Å². The number of allylic oxidation sites excluding steroid dienone is 1. The van der Waals surface area contributed by atoms with Gasteiger partial charge in [-0.2, -0.15) is 4.57 Å². The van der Waals surface area contributed by atoms with Gasteiger partial charge in [0.1, 0.15) is 11.2 Å². The molecule has 4 aromatic carbocycles. The molecule has 2 aromatic heterocycles. The summed E-state index contributed by atoms with van der Waals surface area (Å²) >= 11 is 0.